The quantitative estimate of drug-likeness (QED) is 0.0279. The molecule has 0 aromatic heterocycles. The maximum absolute atomic E-state index is 13.0. The first-order chi connectivity index (χ1) is 29.5. The van der Waals surface area contributed by atoms with Crippen molar-refractivity contribution in [3.63, 3.8) is 0 Å². The Morgan fingerprint density at radius 1 is 1.16 bits per heavy atom. The Balaban J connectivity index is 1.51. The van der Waals surface area contributed by atoms with Gasteiger partial charge < -0.3 is 40.3 Å². The molecule has 62 heavy (non-hydrogen) atoms. The van der Waals surface area contributed by atoms with E-state index in [1.807, 2.05) is 53.0 Å². The summed E-state index contributed by atoms with van der Waals surface area (Å²) in [5.74, 6) is -0.816. The van der Waals surface area contributed by atoms with E-state index in [0.29, 0.717) is 63.7 Å². The van der Waals surface area contributed by atoms with Crippen LogP contribution in [0, 0.1) is 40.9 Å². The van der Waals surface area contributed by atoms with Gasteiger partial charge in [-0.2, -0.15) is 0 Å². The molecule has 4 aliphatic rings. The standard InChI is InChI=1S/C52H78N2O8/c1-34(2)27-45(57)62-33-43(14-9-11-35(3)41-16-15-36(4)49(59)54-50(6,23-26-61-8)30-39-13-10-12-38(28-39)29-41)44-19-21-52(48(44)58)47-40(20-25-55)17-18-42(46(47)37(5)32-56)31-51(52,60)22-24-53-7/h9-15,17-18,28,32,34,40-42,44-45,47-49,53-55,57-60H,3,16,19-27,29-31,33H2,1-2,4-8H3/b11-9+,36-15+,43-14-,46-37?/t40-,41-,42-,44-,45-,47-,48+,49+,50-,51+,52+/m0/s1. The summed E-state index contributed by atoms with van der Waals surface area (Å²) in [7, 11) is 3.56. The lowest BCUT2D eigenvalue weighted by molar-refractivity contribution is -0.194. The van der Waals surface area contributed by atoms with Gasteiger partial charge in [0.2, 0.25) is 0 Å². The fraction of sp³-hybridized carbons (Fsp3) is 0.635. The summed E-state index contributed by atoms with van der Waals surface area (Å²) in [6.07, 6.45) is 16.1. The zero-order valence-electron chi connectivity index (χ0n) is 38.6. The first kappa shape index (κ1) is 50.0. The van der Waals surface area contributed by atoms with E-state index in [1.54, 1.807) is 7.11 Å². The minimum absolute atomic E-state index is 0.0377. The lowest BCUT2D eigenvalue weighted by Gasteiger charge is -2.61. The molecule has 1 heterocycles. The number of rotatable bonds is 18. The number of hydrogen-bond donors (Lipinski definition) is 7. The van der Waals surface area contributed by atoms with E-state index in [1.165, 1.54) is 11.1 Å². The Kier molecular flexibility index (Phi) is 17.9. The third kappa shape index (κ3) is 11.4. The van der Waals surface area contributed by atoms with Gasteiger partial charge in [0.1, 0.15) is 12.5 Å². The van der Waals surface area contributed by atoms with E-state index in [4.69, 9.17) is 9.47 Å². The molecule has 3 aliphatic carbocycles. The summed E-state index contributed by atoms with van der Waals surface area (Å²) in [6, 6.07) is 8.66. The fourth-order valence-electron chi connectivity index (χ4n) is 11.4. The zero-order valence-corrected chi connectivity index (χ0v) is 38.6. The number of aliphatic hydroxyl groups excluding tert-OH is 4. The van der Waals surface area contributed by atoms with Crippen LogP contribution in [0.2, 0.25) is 0 Å². The van der Waals surface area contributed by atoms with Crippen LogP contribution in [0.3, 0.4) is 0 Å². The van der Waals surface area contributed by atoms with Gasteiger partial charge in [-0.3, -0.25) is 10.1 Å². The summed E-state index contributed by atoms with van der Waals surface area (Å²) >= 11 is 0. The van der Waals surface area contributed by atoms with Crippen molar-refractivity contribution in [3.8, 4) is 0 Å². The van der Waals surface area contributed by atoms with E-state index in [2.05, 4.69) is 66.6 Å². The largest absolute Gasteiger partial charge is 0.396 e. The van der Waals surface area contributed by atoms with Crippen LogP contribution >= 0.6 is 0 Å². The first-order valence-electron chi connectivity index (χ1n) is 23.1. The molecule has 2 fully saturated rings. The topological polar surface area (TPSA) is 161 Å². The molecule has 1 spiro atoms. The number of aldehydes is 1. The number of aliphatic hydroxyl groups is 5. The molecular weight excluding hydrogens is 781 g/mol. The highest BCUT2D eigenvalue weighted by Gasteiger charge is 2.68. The normalized spacial score (nSPS) is 35.1. The second kappa shape index (κ2) is 22.2. The summed E-state index contributed by atoms with van der Waals surface area (Å²) in [4.78, 5) is 12.5. The highest BCUT2D eigenvalue weighted by molar-refractivity contribution is 5.74. The van der Waals surface area contributed by atoms with Gasteiger partial charge in [-0.1, -0.05) is 92.3 Å². The number of hydrogen-bond acceptors (Lipinski definition) is 10. The predicted octanol–water partition coefficient (Wildman–Crippen LogP) is 6.68. The number of allylic oxidation sites excluding steroid dienone is 9. The number of benzene rings is 1. The van der Waals surface area contributed by atoms with Crippen molar-refractivity contribution in [3.05, 3.63) is 106 Å². The maximum Gasteiger partial charge on any atom is 0.155 e. The number of carbonyl (C=O) groups is 1. The molecule has 10 nitrogen and oxygen atoms in total. The van der Waals surface area contributed by atoms with Crippen molar-refractivity contribution < 1.29 is 39.8 Å². The average molecular weight is 859 g/mol. The van der Waals surface area contributed by atoms with Gasteiger partial charge in [0, 0.05) is 49.5 Å². The van der Waals surface area contributed by atoms with E-state index in [9.17, 15) is 30.3 Å². The Morgan fingerprint density at radius 2 is 1.92 bits per heavy atom. The third-order valence-electron chi connectivity index (χ3n) is 14.7. The molecule has 5 rings (SSSR count). The lowest BCUT2D eigenvalue weighted by atomic mass is 9.45. The molecule has 11 atom stereocenters. The first-order valence-corrected chi connectivity index (χ1v) is 23.1. The van der Waals surface area contributed by atoms with Gasteiger partial charge >= 0.3 is 0 Å². The zero-order chi connectivity index (χ0) is 45.2. The molecule has 0 unspecified atom stereocenters. The second-order valence-electron chi connectivity index (χ2n) is 19.6. The Morgan fingerprint density at radius 3 is 2.61 bits per heavy atom. The van der Waals surface area contributed by atoms with Crippen LogP contribution in [0.15, 0.2) is 95.2 Å². The van der Waals surface area contributed by atoms with E-state index in [0.717, 1.165) is 47.8 Å². The van der Waals surface area contributed by atoms with E-state index in [-0.39, 0.29) is 48.3 Å². The van der Waals surface area contributed by atoms with Crippen LogP contribution in [0.25, 0.3) is 0 Å². The average Bonchev–Trinajstić information content (AvgIpc) is 3.58. The van der Waals surface area contributed by atoms with Crippen molar-refractivity contribution >= 4 is 6.29 Å². The highest BCUT2D eigenvalue weighted by atomic mass is 16.6. The number of methoxy groups -OCH3 is 1. The molecule has 0 saturated heterocycles. The van der Waals surface area contributed by atoms with Crippen LogP contribution in [-0.2, 0) is 27.1 Å². The SMILES string of the molecule is C=C(/C=C/C=C(/CO[C@H](O)CC(C)C)[C@@H]1CC[C@]2([C@@H]1O)[C@@H]1C(=C(C)C=O)[C@@H](C=C[C@H]1CCO)C[C@]2(O)CCNC)[C@H]1C/C=C(\C)[C@@H](O)N[C@@](C)(CCOC)Cc2cccc(c2)C1. The van der Waals surface area contributed by atoms with Crippen molar-refractivity contribution in [2.75, 3.05) is 40.5 Å². The van der Waals surface area contributed by atoms with E-state index < -0.39 is 35.6 Å². The van der Waals surface area contributed by atoms with Crippen LogP contribution in [-0.4, -0.2) is 102 Å². The van der Waals surface area contributed by atoms with Gasteiger partial charge in [-0.25, -0.2) is 0 Å². The Labute approximate surface area is 372 Å². The van der Waals surface area contributed by atoms with Crippen molar-refractivity contribution in [1.29, 1.82) is 0 Å². The molecule has 0 amide bonds. The Hall–Kier alpha value is -3.03. The van der Waals surface area contributed by atoms with Gasteiger partial charge in [0.25, 0.3) is 0 Å². The molecule has 2 saturated carbocycles. The summed E-state index contributed by atoms with van der Waals surface area (Å²) in [5, 5.41) is 65.2. The van der Waals surface area contributed by atoms with Gasteiger partial charge in [0.15, 0.2) is 6.29 Å². The third-order valence-corrected chi connectivity index (χ3v) is 14.7. The molecular formula is C52H78N2O8. The minimum Gasteiger partial charge on any atom is -0.396 e. The van der Waals surface area contributed by atoms with Gasteiger partial charge in [-0.15, -0.1) is 0 Å². The number of carbonyl (C=O) groups excluding carboxylic acids is 1. The molecule has 10 heteroatoms. The molecule has 1 aromatic carbocycles. The smallest absolute Gasteiger partial charge is 0.155 e. The Bertz CT molecular complexity index is 1830. The monoisotopic (exact) mass is 859 g/mol. The van der Waals surface area contributed by atoms with E-state index >= 15 is 0 Å². The van der Waals surface area contributed by atoms with Crippen LogP contribution < -0.4 is 10.6 Å². The summed E-state index contributed by atoms with van der Waals surface area (Å²) < 4.78 is 11.6. The fourth-order valence-corrected chi connectivity index (χ4v) is 11.4. The number of nitrogens with one attached hydrogen (secondary N) is 2. The summed E-state index contributed by atoms with van der Waals surface area (Å²) in [6.45, 7) is 15.7. The summed E-state index contributed by atoms with van der Waals surface area (Å²) in [5.41, 5.74) is 3.94. The molecule has 4 bridgehead atoms. The van der Waals surface area contributed by atoms with Crippen molar-refractivity contribution in [2.24, 2.45) is 40.9 Å². The van der Waals surface area contributed by atoms with Gasteiger partial charge in [0.05, 0.1) is 18.3 Å². The molecule has 1 aromatic rings. The van der Waals surface area contributed by atoms with Crippen LogP contribution in [0.4, 0.5) is 0 Å². The number of fused-ring (bicyclic) bond motifs is 5. The predicted molar refractivity (Wildman–Crippen MR) is 247 cm³/mol. The van der Waals surface area contributed by atoms with Crippen molar-refractivity contribution in [1.82, 2.24) is 10.6 Å². The van der Waals surface area contributed by atoms with Crippen LogP contribution in [0.1, 0.15) is 97.1 Å². The minimum atomic E-state index is -1.26. The maximum atomic E-state index is 13.0. The van der Waals surface area contributed by atoms with Crippen LogP contribution in [0.5, 0.6) is 0 Å². The highest BCUT2D eigenvalue weighted by Crippen LogP contribution is 2.67. The molecule has 1 aliphatic heterocycles. The molecule has 0 radical (unpaired) electrons. The number of ether oxygens (including phenoxy) is 2. The van der Waals surface area contributed by atoms with Gasteiger partial charge in [-0.05, 0) is 144 Å². The lowest BCUT2D eigenvalue weighted by Crippen LogP contribution is -2.65. The van der Waals surface area contributed by atoms with Crippen molar-refractivity contribution in [2.45, 2.75) is 129 Å². The second-order valence-corrected chi connectivity index (χ2v) is 19.6. The molecule has 344 valence electrons. The molecule has 7 N–H and O–H groups in total.